The summed E-state index contributed by atoms with van der Waals surface area (Å²) in [6.45, 7) is 0. The molecule has 0 amide bonds. The average Bonchev–Trinajstić information content (AvgIpc) is 2.18. The van der Waals surface area contributed by atoms with Crippen LogP contribution in [0.5, 0.6) is 0 Å². The summed E-state index contributed by atoms with van der Waals surface area (Å²) in [5, 5.41) is 8.61. The summed E-state index contributed by atoms with van der Waals surface area (Å²) in [6, 6.07) is 2.19. The molecule has 0 fully saturated rings. The number of nitrogens with two attached hydrogens (primary N) is 1. The molecule has 0 aliphatic rings. The predicted octanol–water partition coefficient (Wildman–Crippen LogP) is 2.42. The minimum absolute atomic E-state index is 0.144. The van der Waals surface area contributed by atoms with Crippen molar-refractivity contribution in [1.29, 1.82) is 0 Å². The first-order valence-electron chi connectivity index (χ1n) is 4.56. The maximum atomic E-state index is 12.7. The Kier molecular flexibility index (Phi) is 4.16. The van der Waals surface area contributed by atoms with Crippen molar-refractivity contribution >= 4 is 21.9 Å². The Bertz CT molecular complexity index is 434. The Morgan fingerprint density at radius 2 is 2.06 bits per heavy atom. The largest absolute Gasteiger partial charge is 0.480 e. The van der Waals surface area contributed by atoms with Crippen molar-refractivity contribution in [3.8, 4) is 0 Å². The number of carboxylic acid groups (broad SMARTS) is 1. The molecule has 0 aliphatic heterocycles. The van der Waals surface area contributed by atoms with Crippen molar-refractivity contribution in [2.75, 3.05) is 0 Å². The SMILES string of the molecule is NC(Cc1c(Br)cccc1C(F)(F)F)C(=O)O. The van der Waals surface area contributed by atoms with Gasteiger partial charge in [-0.2, -0.15) is 13.2 Å². The van der Waals surface area contributed by atoms with E-state index in [4.69, 9.17) is 10.8 Å². The number of carboxylic acids is 1. The van der Waals surface area contributed by atoms with Gasteiger partial charge in [-0.25, -0.2) is 0 Å². The van der Waals surface area contributed by atoms with E-state index in [0.29, 0.717) is 0 Å². The highest BCUT2D eigenvalue weighted by molar-refractivity contribution is 9.10. The van der Waals surface area contributed by atoms with E-state index in [2.05, 4.69) is 15.9 Å². The summed E-state index contributed by atoms with van der Waals surface area (Å²) >= 11 is 2.97. The second kappa shape index (κ2) is 5.05. The summed E-state index contributed by atoms with van der Waals surface area (Å²) < 4.78 is 38.2. The average molecular weight is 312 g/mol. The molecule has 0 saturated heterocycles. The summed E-state index contributed by atoms with van der Waals surface area (Å²) in [5.41, 5.74) is 4.23. The molecule has 1 atom stereocenters. The third-order valence-electron chi connectivity index (χ3n) is 2.17. The van der Waals surface area contributed by atoms with Gasteiger partial charge < -0.3 is 10.8 Å². The molecule has 0 bridgehead atoms. The number of rotatable bonds is 3. The van der Waals surface area contributed by atoms with Crippen LogP contribution >= 0.6 is 15.9 Å². The highest BCUT2D eigenvalue weighted by Gasteiger charge is 2.34. The van der Waals surface area contributed by atoms with Gasteiger partial charge in [0.2, 0.25) is 0 Å². The van der Waals surface area contributed by atoms with Crippen LogP contribution in [0.3, 0.4) is 0 Å². The van der Waals surface area contributed by atoms with Gasteiger partial charge in [-0.1, -0.05) is 22.0 Å². The molecule has 1 unspecified atom stereocenters. The number of carbonyl (C=O) groups is 1. The molecule has 1 rings (SSSR count). The van der Waals surface area contributed by atoms with E-state index in [-0.39, 0.29) is 16.5 Å². The third-order valence-corrected chi connectivity index (χ3v) is 2.91. The van der Waals surface area contributed by atoms with Crippen LogP contribution in [0.2, 0.25) is 0 Å². The van der Waals surface area contributed by atoms with Crippen LogP contribution in [0.25, 0.3) is 0 Å². The number of halogens is 4. The van der Waals surface area contributed by atoms with E-state index in [0.717, 1.165) is 6.07 Å². The van der Waals surface area contributed by atoms with Gasteiger partial charge in [-0.05, 0) is 24.1 Å². The van der Waals surface area contributed by atoms with Gasteiger partial charge in [-0.3, -0.25) is 4.79 Å². The molecule has 94 valence electrons. The smallest absolute Gasteiger partial charge is 0.416 e. The van der Waals surface area contributed by atoms with Crippen molar-refractivity contribution < 1.29 is 23.1 Å². The Morgan fingerprint density at radius 1 is 1.47 bits per heavy atom. The predicted molar refractivity (Wildman–Crippen MR) is 58.5 cm³/mol. The first-order chi connectivity index (χ1) is 7.73. The van der Waals surface area contributed by atoms with Gasteiger partial charge in [-0.15, -0.1) is 0 Å². The van der Waals surface area contributed by atoms with Crippen LogP contribution in [-0.4, -0.2) is 17.1 Å². The quantitative estimate of drug-likeness (QED) is 0.901. The molecule has 17 heavy (non-hydrogen) atoms. The van der Waals surface area contributed by atoms with E-state index < -0.39 is 23.8 Å². The van der Waals surface area contributed by atoms with Gasteiger partial charge in [0.1, 0.15) is 6.04 Å². The number of aliphatic carboxylic acids is 1. The molecule has 3 N–H and O–H groups in total. The zero-order chi connectivity index (χ0) is 13.2. The Morgan fingerprint density at radius 3 is 2.53 bits per heavy atom. The van der Waals surface area contributed by atoms with Crippen LogP contribution in [0, 0.1) is 0 Å². The zero-order valence-corrected chi connectivity index (χ0v) is 10.0. The highest BCUT2D eigenvalue weighted by atomic mass is 79.9. The topological polar surface area (TPSA) is 63.3 Å². The normalized spacial score (nSPS) is 13.5. The summed E-state index contributed by atoms with van der Waals surface area (Å²) in [7, 11) is 0. The van der Waals surface area contributed by atoms with Crippen LogP contribution in [-0.2, 0) is 17.4 Å². The first kappa shape index (κ1) is 14.0. The third kappa shape index (κ3) is 3.44. The molecule has 0 saturated carbocycles. The van der Waals surface area contributed by atoms with Crippen LogP contribution in [0.15, 0.2) is 22.7 Å². The summed E-state index contributed by atoms with van der Waals surface area (Å²) in [4.78, 5) is 10.6. The molecule has 3 nitrogen and oxygen atoms in total. The second-order valence-corrected chi connectivity index (χ2v) is 4.27. The Labute approximate surface area is 104 Å². The van der Waals surface area contributed by atoms with E-state index in [1.807, 2.05) is 0 Å². The maximum Gasteiger partial charge on any atom is 0.416 e. The minimum Gasteiger partial charge on any atom is -0.480 e. The fourth-order valence-electron chi connectivity index (χ4n) is 1.34. The van der Waals surface area contributed by atoms with Crippen molar-refractivity contribution in [2.24, 2.45) is 5.73 Å². The van der Waals surface area contributed by atoms with Gasteiger partial charge in [0.05, 0.1) is 5.56 Å². The van der Waals surface area contributed by atoms with Crippen molar-refractivity contribution in [2.45, 2.75) is 18.6 Å². The zero-order valence-electron chi connectivity index (χ0n) is 8.46. The first-order valence-corrected chi connectivity index (χ1v) is 5.35. The molecular formula is C10H9BrF3NO2. The molecule has 0 spiro atoms. The molecule has 1 aromatic carbocycles. The van der Waals surface area contributed by atoms with E-state index in [1.165, 1.54) is 12.1 Å². The van der Waals surface area contributed by atoms with Crippen LogP contribution in [0.4, 0.5) is 13.2 Å². The number of hydrogen-bond donors (Lipinski definition) is 2. The van der Waals surface area contributed by atoms with Crippen LogP contribution in [0.1, 0.15) is 11.1 Å². The van der Waals surface area contributed by atoms with Gasteiger partial charge in [0, 0.05) is 4.47 Å². The number of benzene rings is 1. The van der Waals surface area contributed by atoms with Gasteiger partial charge in [0.25, 0.3) is 0 Å². The monoisotopic (exact) mass is 311 g/mol. The number of hydrogen-bond acceptors (Lipinski definition) is 2. The lowest BCUT2D eigenvalue weighted by atomic mass is 10.0. The molecule has 1 aromatic rings. The summed E-state index contributed by atoms with van der Waals surface area (Å²) in [6.07, 6.45) is -4.91. The van der Waals surface area contributed by atoms with E-state index in [9.17, 15) is 18.0 Å². The molecule has 7 heteroatoms. The lowest BCUT2D eigenvalue weighted by molar-refractivity contribution is -0.140. The standard InChI is InChI=1S/C10H9BrF3NO2/c11-7-3-1-2-6(10(12,13)14)5(7)4-8(15)9(16)17/h1-3,8H,4,15H2,(H,16,17). The highest BCUT2D eigenvalue weighted by Crippen LogP contribution is 2.35. The van der Waals surface area contributed by atoms with Crippen molar-refractivity contribution in [1.82, 2.24) is 0 Å². The molecule has 0 radical (unpaired) electrons. The molecular weight excluding hydrogens is 303 g/mol. The molecule has 0 aromatic heterocycles. The van der Waals surface area contributed by atoms with E-state index >= 15 is 0 Å². The Hall–Kier alpha value is -1.08. The fraction of sp³-hybridized carbons (Fsp3) is 0.300. The van der Waals surface area contributed by atoms with Crippen molar-refractivity contribution in [3.63, 3.8) is 0 Å². The fourth-order valence-corrected chi connectivity index (χ4v) is 1.87. The second-order valence-electron chi connectivity index (χ2n) is 3.41. The van der Waals surface area contributed by atoms with Gasteiger partial charge >= 0.3 is 12.1 Å². The lowest BCUT2D eigenvalue weighted by Crippen LogP contribution is -2.33. The van der Waals surface area contributed by atoms with Gasteiger partial charge in [0.15, 0.2) is 0 Å². The molecule has 0 aliphatic carbocycles. The minimum atomic E-state index is -4.53. The van der Waals surface area contributed by atoms with Crippen molar-refractivity contribution in [3.05, 3.63) is 33.8 Å². The van der Waals surface area contributed by atoms with E-state index in [1.54, 1.807) is 0 Å². The Balaban J connectivity index is 3.17. The van der Waals surface area contributed by atoms with Crippen LogP contribution < -0.4 is 5.73 Å². The number of alkyl halides is 3. The summed E-state index contributed by atoms with van der Waals surface area (Å²) in [5.74, 6) is -1.34. The lowest BCUT2D eigenvalue weighted by Gasteiger charge is -2.15. The maximum absolute atomic E-state index is 12.7. The molecule has 0 heterocycles.